The number of hydrogen-bond donors (Lipinski definition) is 1. The molecule has 1 fully saturated rings. The highest BCUT2D eigenvalue weighted by Crippen LogP contribution is 2.47. The van der Waals surface area contributed by atoms with Crippen LogP contribution in [0.15, 0.2) is 72.8 Å². The topological polar surface area (TPSA) is 69.0 Å². The van der Waals surface area contributed by atoms with E-state index in [1.807, 2.05) is 42.5 Å². The minimum absolute atomic E-state index is 0.364. The maximum absolute atomic E-state index is 12.6. The Morgan fingerprint density at radius 2 is 1.66 bits per heavy atom. The summed E-state index contributed by atoms with van der Waals surface area (Å²) in [5, 5.41) is 11.7. The van der Waals surface area contributed by atoms with E-state index in [9.17, 15) is 4.79 Å². The Morgan fingerprint density at radius 3 is 2.29 bits per heavy atom. The van der Waals surface area contributed by atoms with E-state index in [1.165, 1.54) is 18.4 Å². The molecule has 0 unspecified atom stereocenters. The quantitative estimate of drug-likeness (QED) is 0.311. The summed E-state index contributed by atoms with van der Waals surface area (Å²) in [6, 6.07) is 24.1. The number of carbonyl (C=O) groups is 1. The van der Waals surface area contributed by atoms with Gasteiger partial charge in [0.05, 0.1) is 5.69 Å². The number of rotatable bonds is 6. The predicted octanol–water partition coefficient (Wildman–Crippen LogP) is 7.26. The molecule has 1 amide bonds. The lowest BCUT2D eigenvalue weighted by atomic mass is 9.95. The SMILES string of the molecule is Cc1nnn(-c2ccc(-c3ccc(C4(C)CC4)cc3)cc2)c1NC(=O)O[C@H](C)c1ccccc1Cl. The highest BCUT2D eigenvalue weighted by molar-refractivity contribution is 6.31. The number of aryl methyl sites for hydroxylation is 1. The number of ether oxygens (including phenoxy) is 1. The van der Waals surface area contributed by atoms with E-state index in [0.29, 0.717) is 21.9 Å². The van der Waals surface area contributed by atoms with Gasteiger partial charge in [-0.2, -0.15) is 4.68 Å². The van der Waals surface area contributed by atoms with E-state index in [4.69, 9.17) is 16.3 Å². The molecule has 1 aromatic heterocycles. The summed E-state index contributed by atoms with van der Waals surface area (Å²) in [4.78, 5) is 12.6. The molecule has 0 bridgehead atoms. The molecule has 0 spiro atoms. The average Bonchev–Trinajstić information content (AvgIpc) is 3.52. The van der Waals surface area contributed by atoms with Crippen LogP contribution in [0.3, 0.4) is 0 Å². The Labute approximate surface area is 209 Å². The molecule has 35 heavy (non-hydrogen) atoms. The summed E-state index contributed by atoms with van der Waals surface area (Å²) in [6.07, 6.45) is 1.41. The van der Waals surface area contributed by atoms with Crippen molar-refractivity contribution in [1.82, 2.24) is 15.0 Å². The molecule has 1 N–H and O–H groups in total. The van der Waals surface area contributed by atoms with Crippen LogP contribution < -0.4 is 5.32 Å². The molecule has 1 heterocycles. The van der Waals surface area contributed by atoms with Crippen LogP contribution >= 0.6 is 11.6 Å². The van der Waals surface area contributed by atoms with Crippen molar-refractivity contribution in [2.24, 2.45) is 0 Å². The predicted molar refractivity (Wildman–Crippen MR) is 138 cm³/mol. The molecule has 5 rings (SSSR count). The first-order valence-electron chi connectivity index (χ1n) is 11.7. The van der Waals surface area contributed by atoms with Crippen LogP contribution in [0.1, 0.15) is 49.6 Å². The second kappa shape index (κ2) is 9.19. The summed E-state index contributed by atoms with van der Waals surface area (Å²) >= 11 is 6.23. The summed E-state index contributed by atoms with van der Waals surface area (Å²) in [7, 11) is 0. The van der Waals surface area contributed by atoms with Crippen LogP contribution in [-0.4, -0.2) is 21.1 Å². The van der Waals surface area contributed by atoms with Crippen LogP contribution in [-0.2, 0) is 10.2 Å². The third-order valence-corrected chi connectivity index (χ3v) is 7.06. The van der Waals surface area contributed by atoms with Crippen molar-refractivity contribution in [1.29, 1.82) is 0 Å². The summed E-state index contributed by atoms with van der Waals surface area (Å²) in [5.74, 6) is 0.455. The summed E-state index contributed by atoms with van der Waals surface area (Å²) in [5.41, 5.74) is 6.15. The van der Waals surface area contributed by atoms with Crippen LogP contribution in [0, 0.1) is 6.92 Å². The van der Waals surface area contributed by atoms with Crippen molar-refractivity contribution in [2.45, 2.75) is 45.1 Å². The smallest absolute Gasteiger partial charge is 0.413 e. The molecular weight excluding hydrogens is 460 g/mol. The molecule has 0 saturated heterocycles. The number of nitrogens with one attached hydrogen (secondary N) is 1. The van der Waals surface area contributed by atoms with E-state index in [2.05, 4.69) is 46.8 Å². The number of amides is 1. The Morgan fingerprint density at radius 1 is 1.03 bits per heavy atom. The maximum atomic E-state index is 12.6. The summed E-state index contributed by atoms with van der Waals surface area (Å²) in [6.45, 7) is 5.88. The zero-order chi connectivity index (χ0) is 24.6. The Hall–Kier alpha value is -3.64. The van der Waals surface area contributed by atoms with E-state index in [-0.39, 0.29) is 0 Å². The number of anilines is 1. The lowest BCUT2D eigenvalue weighted by molar-refractivity contribution is 0.121. The monoisotopic (exact) mass is 486 g/mol. The van der Waals surface area contributed by atoms with Crippen LogP contribution in [0.25, 0.3) is 16.8 Å². The molecule has 1 aliphatic carbocycles. The number of hydrogen-bond acceptors (Lipinski definition) is 4. The average molecular weight is 487 g/mol. The van der Waals surface area contributed by atoms with Crippen molar-refractivity contribution < 1.29 is 9.53 Å². The van der Waals surface area contributed by atoms with Gasteiger partial charge in [-0.15, -0.1) is 5.10 Å². The number of aromatic nitrogens is 3. The Kier molecular flexibility index (Phi) is 6.07. The zero-order valence-electron chi connectivity index (χ0n) is 20.0. The van der Waals surface area contributed by atoms with Crippen LogP contribution in [0.2, 0.25) is 5.02 Å². The molecule has 1 atom stereocenters. The molecule has 4 aromatic rings. The van der Waals surface area contributed by atoms with Crippen LogP contribution in [0.5, 0.6) is 0 Å². The van der Waals surface area contributed by atoms with Gasteiger partial charge in [-0.1, -0.05) is 78.3 Å². The second-order valence-electron chi connectivity index (χ2n) is 9.31. The number of halogens is 1. The van der Waals surface area contributed by atoms with Gasteiger partial charge in [0.15, 0.2) is 5.82 Å². The van der Waals surface area contributed by atoms with Crippen molar-refractivity contribution in [3.63, 3.8) is 0 Å². The lowest BCUT2D eigenvalue weighted by Gasteiger charge is -2.16. The van der Waals surface area contributed by atoms with E-state index >= 15 is 0 Å². The fraction of sp³-hybridized carbons (Fsp3) is 0.250. The molecule has 6 nitrogen and oxygen atoms in total. The van der Waals surface area contributed by atoms with E-state index in [1.54, 1.807) is 24.6 Å². The first-order valence-corrected chi connectivity index (χ1v) is 12.1. The van der Waals surface area contributed by atoms with Gasteiger partial charge in [0.25, 0.3) is 0 Å². The summed E-state index contributed by atoms with van der Waals surface area (Å²) < 4.78 is 7.14. The maximum Gasteiger partial charge on any atom is 0.413 e. The molecule has 178 valence electrons. The highest BCUT2D eigenvalue weighted by Gasteiger charge is 2.38. The highest BCUT2D eigenvalue weighted by atomic mass is 35.5. The first kappa shape index (κ1) is 23.1. The first-order chi connectivity index (χ1) is 16.8. The van der Waals surface area contributed by atoms with Gasteiger partial charge in [-0.25, -0.2) is 4.79 Å². The van der Waals surface area contributed by atoms with Crippen LogP contribution in [0.4, 0.5) is 10.6 Å². The zero-order valence-corrected chi connectivity index (χ0v) is 20.7. The third kappa shape index (κ3) is 4.80. The Balaban J connectivity index is 1.30. The number of nitrogens with zero attached hydrogens (tertiary/aromatic N) is 3. The molecule has 1 aliphatic rings. The minimum atomic E-state index is -0.606. The molecule has 7 heteroatoms. The fourth-order valence-electron chi connectivity index (χ4n) is 4.17. The molecule has 0 aliphatic heterocycles. The standard InChI is InChI=1S/C28H27ClN4O2/c1-18-26(30-27(34)35-19(2)24-6-4-5-7-25(24)29)33(32-31-18)23-14-10-21(11-15-23)20-8-12-22(13-9-20)28(3)16-17-28/h4-15,19H,16-17H2,1-3H3,(H,30,34)/t19-/m1/s1. The molecule has 1 saturated carbocycles. The lowest BCUT2D eigenvalue weighted by Crippen LogP contribution is -2.19. The van der Waals surface area contributed by atoms with Gasteiger partial charge < -0.3 is 4.74 Å². The molecular formula is C28H27ClN4O2. The Bertz CT molecular complexity index is 1360. The van der Waals surface area contributed by atoms with Gasteiger partial charge in [0, 0.05) is 10.6 Å². The van der Waals surface area contributed by atoms with Gasteiger partial charge in [-0.3, -0.25) is 5.32 Å². The van der Waals surface area contributed by atoms with Crippen molar-refractivity contribution in [3.05, 3.63) is 94.6 Å². The van der Waals surface area contributed by atoms with E-state index in [0.717, 1.165) is 22.4 Å². The largest absolute Gasteiger partial charge is 0.441 e. The minimum Gasteiger partial charge on any atom is -0.441 e. The second-order valence-corrected chi connectivity index (χ2v) is 9.72. The molecule has 3 aromatic carbocycles. The molecule has 0 radical (unpaired) electrons. The third-order valence-electron chi connectivity index (χ3n) is 6.71. The van der Waals surface area contributed by atoms with E-state index < -0.39 is 12.2 Å². The number of carbonyl (C=O) groups excluding carboxylic acids is 1. The van der Waals surface area contributed by atoms with Crippen molar-refractivity contribution >= 4 is 23.5 Å². The van der Waals surface area contributed by atoms with Crippen molar-refractivity contribution in [2.75, 3.05) is 5.32 Å². The van der Waals surface area contributed by atoms with Gasteiger partial charge >= 0.3 is 6.09 Å². The fourth-order valence-corrected chi connectivity index (χ4v) is 4.46. The van der Waals surface area contributed by atoms with Gasteiger partial charge in [-0.05, 0) is 67.0 Å². The van der Waals surface area contributed by atoms with Gasteiger partial charge in [0.1, 0.15) is 11.8 Å². The normalized spacial score (nSPS) is 14.9. The number of benzene rings is 3. The van der Waals surface area contributed by atoms with Crippen molar-refractivity contribution in [3.8, 4) is 16.8 Å². The van der Waals surface area contributed by atoms with Gasteiger partial charge in [0.2, 0.25) is 0 Å².